The number of aryl methyl sites for hydroxylation is 1. The molecule has 2 aromatic carbocycles. The number of hydrogen-bond donors (Lipinski definition) is 2. The second-order valence-electron chi connectivity index (χ2n) is 6.05. The molecule has 0 fully saturated rings. The van der Waals surface area contributed by atoms with Crippen LogP contribution in [0.5, 0.6) is 5.75 Å². The van der Waals surface area contributed by atoms with Gasteiger partial charge in [0.1, 0.15) is 17.9 Å². The van der Waals surface area contributed by atoms with E-state index in [-0.39, 0.29) is 43.0 Å². The van der Waals surface area contributed by atoms with Crippen LogP contribution < -0.4 is 10.5 Å². The molecule has 27 heavy (non-hydrogen) atoms. The highest BCUT2D eigenvalue weighted by atomic mass is 35.5. The molecule has 0 saturated heterocycles. The van der Waals surface area contributed by atoms with Crippen molar-refractivity contribution in [3.8, 4) is 5.75 Å². The number of benzene rings is 2. The summed E-state index contributed by atoms with van der Waals surface area (Å²) in [6.45, 7) is 2.07. The fourth-order valence-electron chi connectivity index (χ4n) is 2.81. The third-order valence-electron chi connectivity index (χ3n) is 4.01. The van der Waals surface area contributed by atoms with E-state index in [0.717, 1.165) is 16.6 Å². The van der Waals surface area contributed by atoms with Crippen molar-refractivity contribution in [2.24, 2.45) is 5.73 Å². The lowest BCUT2D eigenvalue weighted by molar-refractivity contribution is 0.0694. The minimum absolute atomic E-state index is 0. The van der Waals surface area contributed by atoms with E-state index in [4.69, 9.17) is 10.5 Å². The molecule has 0 saturated carbocycles. The Hall–Kier alpha value is -2.34. The van der Waals surface area contributed by atoms with Crippen molar-refractivity contribution in [1.82, 2.24) is 4.98 Å². The maximum atomic E-state index is 11.8. The molecule has 3 rings (SSSR count). The number of aromatic nitrogens is 1. The molecule has 5 nitrogen and oxygen atoms in total. The van der Waals surface area contributed by atoms with Crippen molar-refractivity contribution in [2.75, 3.05) is 6.61 Å². The quantitative estimate of drug-likeness (QED) is 0.642. The first-order valence-corrected chi connectivity index (χ1v) is 8.09. The van der Waals surface area contributed by atoms with Gasteiger partial charge in [0.05, 0.1) is 0 Å². The van der Waals surface area contributed by atoms with Gasteiger partial charge in [-0.05, 0) is 37.1 Å². The number of nitrogens with zero attached hydrogens (tertiary/aromatic N) is 1. The van der Waals surface area contributed by atoms with Gasteiger partial charge in [0.2, 0.25) is 0 Å². The lowest BCUT2D eigenvalue weighted by atomic mass is 10.0. The van der Waals surface area contributed by atoms with Gasteiger partial charge in [-0.1, -0.05) is 30.3 Å². The van der Waals surface area contributed by atoms with Crippen LogP contribution in [0.1, 0.15) is 21.6 Å². The van der Waals surface area contributed by atoms with Gasteiger partial charge in [-0.25, -0.2) is 4.79 Å². The average Bonchev–Trinajstić information content (AvgIpc) is 2.59. The normalized spacial score (nSPS) is 11.2. The van der Waals surface area contributed by atoms with Gasteiger partial charge in [0, 0.05) is 28.7 Å². The third-order valence-corrected chi connectivity index (χ3v) is 4.01. The highest BCUT2D eigenvalue weighted by molar-refractivity contribution is 6.06. The topological polar surface area (TPSA) is 85.4 Å². The maximum Gasteiger partial charge on any atom is 0.340 e. The number of carbonyl (C=O) groups is 1. The van der Waals surface area contributed by atoms with Gasteiger partial charge in [0.15, 0.2) is 0 Å². The van der Waals surface area contributed by atoms with Gasteiger partial charge in [-0.2, -0.15) is 0 Å². The number of rotatable bonds is 6. The van der Waals surface area contributed by atoms with E-state index in [2.05, 4.69) is 4.98 Å². The molecular weight excluding hydrogens is 387 g/mol. The van der Waals surface area contributed by atoms with Crippen LogP contribution in [0.4, 0.5) is 0 Å². The number of carboxylic acid groups (broad SMARTS) is 1. The smallest absolute Gasteiger partial charge is 0.340 e. The average molecular weight is 409 g/mol. The Morgan fingerprint density at radius 3 is 2.56 bits per heavy atom. The van der Waals surface area contributed by atoms with E-state index in [1.807, 2.05) is 43.3 Å². The van der Waals surface area contributed by atoms with E-state index in [9.17, 15) is 9.90 Å². The summed E-state index contributed by atoms with van der Waals surface area (Å²) in [4.78, 5) is 16.0. The summed E-state index contributed by atoms with van der Waals surface area (Å²) in [5, 5.41) is 11.0. The number of carboxylic acids is 1. The zero-order valence-electron chi connectivity index (χ0n) is 14.8. The van der Waals surface area contributed by atoms with Gasteiger partial charge < -0.3 is 15.6 Å². The van der Waals surface area contributed by atoms with Crippen LogP contribution in [-0.2, 0) is 6.42 Å². The zero-order valence-corrected chi connectivity index (χ0v) is 16.4. The Balaban J connectivity index is 0.00000182. The van der Waals surface area contributed by atoms with E-state index >= 15 is 0 Å². The molecule has 1 atom stereocenters. The zero-order chi connectivity index (χ0) is 17.8. The predicted molar refractivity (Wildman–Crippen MR) is 112 cm³/mol. The second-order valence-corrected chi connectivity index (χ2v) is 6.05. The largest absolute Gasteiger partial charge is 0.491 e. The second kappa shape index (κ2) is 10.1. The molecule has 0 spiro atoms. The molecule has 0 bridgehead atoms. The molecule has 1 unspecified atom stereocenters. The number of fused-ring (bicyclic) bond motifs is 1. The lowest BCUT2D eigenvalue weighted by Gasteiger charge is -2.16. The van der Waals surface area contributed by atoms with E-state index in [0.29, 0.717) is 17.6 Å². The molecule has 1 aromatic heterocycles. The van der Waals surface area contributed by atoms with Crippen LogP contribution >= 0.6 is 24.8 Å². The summed E-state index contributed by atoms with van der Waals surface area (Å²) in [6.07, 6.45) is 2.34. The molecule has 0 radical (unpaired) electrons. The summed E-state index contributed by atoms with van der Waals surface area (Å²) < 4.78 is 5.75. The Morgan fingerprint density at radius 2 is 1.89 bits per heavy atom. The summed E-state index contributed by atoms with van der Waals surface area (Å²) in [7, 11) is 0. The molecular formula is C20H22Cl2N2O3. The standard InChI is InChI=1S/C20H20N2O3.2ClH/c1-13-9-17-15(11-22-13)7-8-18(19(17)20(23)24)25-12-16(21)10-14-5-3-2-4-6-14;;/h2-9,11,16H,10,12,21H2,1H3,(H,23,24);2*1H. The van der Waals surface area contributed by atoms with Crippen LogP contribution in [0, 0.1) is 6.92 Å². The van der Waals surface area contributed by atoms with Crippen molar-refractivity contribution in [2.45, 2.75) is 19.4 Å². The van der Waals surface area contributed by atoms with Crippen LogP contribution in [0.25, 0.3) is 10.8 Å². The monoisotopic (exact) mass is 408 g/mol. The van der Waals surface area contributed by atoms with Crippen LogP contribution in [0.15, 0.2) is 54.7 Å². The number of aromatic carboxylic acids is 1. The molecule has 1 heterocycles. The van der Waals surface area contributed by atoms with Gasteiger partial charge in [-0.15, -0.1) is 24.8 Å². The Morgan fingerprint density at radius 1 is 1.19 bits per heavy atom. The molecule has 3 N–H and O–H groups in total. The van der Waals surface area contributed by atoms with Gasteiger partial charge in [0.25, 0.3) is 0 Å². The highest BCUT2D eigenvalue weighted by Crippen LogP contribution is 2.28. The minimum atomic E-state index is -1.03. The van der Waals surface area contributed by atoms with E-state index < -0.39 is 5.97 Å². The molecule has 144 valence electrons. The summed E-state index contributed by atoms with van der Waals surface area (Å²) in [6, 6.07) is 14.9. The summed E-state index contributed by atoms with van der Waals surface area (Å²) >= 11 is 0. The first kappa shape index (κ1) is 22.7. The van der Waals surface area contributed by atoms with E-state index in [1.54, 1.807) is 18.3 Å². The number of hydrogen-bond acceptors (Lipinski definition) is 4. The Labute approximate surface area is 170 Å². The highest BCUT2D eigenvalue weighted by Gasteiger charge is 2.17. The molecule has 0 aliphatic carbocycles. The van der Waals surface area contributed by atoms with Crippen LogP contribution in [0.2, 0.25) is 0 Å². The fraction of sp³-hybridized carbons (Fsp3) is 0.200. The number of halogens is 2. The number of pyridine rings is 1. The Kier molecular flexibility index (Phi) is 8.50. The minimum Gasteiger partial charge on any atom is -0.491 e. The van der Waals surface area contributed by atoms with Crippen molar-refractivity contribution >= 4 is 41.6 Å². The van der Waals surface area contributed by atoms with Crippen molar-refractivity contribution < 1.29 is 14.6 Å². The van der Waals surface area contributed by atoms with Crippen LogP contribution in [-0.4, -0.2) is 28.7 Å². The molecule has 0 amide bonds. The van der Waals surface area contributed by atoms with Crippen molar-refractivity contribution in [1.29, 1.82) is 0 Å². The van der Waals surface area contributed by atoms with E-state index in [1.165, 1.54) is 0 Å². The van der Waals surface area contributed by atoms with Gasteiger partial charge in [-0.3, -0.25) is 4.98 Å². The predicted octanol–water partition coefficient (Wildman–Crippen LogP) is 4.03. The Bertz CT molecular complexity index is 904. The lowest BCUT2D eigenvalue weighted by Crippen LogP contribution is -2.30. The van der Waals surface area contributed by atoms with Crippen molar-refractivity contribution in [3.05, 3.63) is 71.5 Å². The SMILES string of the molecule is Cc1cc2c(C(=O)O)c(OCC(N)Cc3ccccc3)ccc2cn1.Cl.Cl. The first-order valence-electron chi connectivity index (χ1n) is 8.09. The third kappa shape index (κ3) is 5.57. The molecule has 0 aliphatic heterocycles. The summed E-state index contributed by atoms with van der Waals surface area (Å²) in [5.41, 5.74) is 8.16. The first-order chi connectivity index (χ1) is 12.0. The van der Waals surface area contributed by atoms with Crippen molar-refractivity contribution in [3.63, 3.8) is 0 Å². The number of nitrogens with two attached hydrogens (primary N) is 1. The fourth-order valence-corrected chi connectivity index (χ4v) is 2.81. The molecule has 3 aromatic rings. The van der Waals surface area contributed by atoms with Crippen LogP contribution in [0.3, 0.4) is 0 Å². The molecule has 0 aliphatic rings. The molecule has 7 heteroatoms. The van der Waals surface area contributed by atoms with Gasteiger partial charge >= 0.3 is 5.97 Å². The number of ether oxygens (including phenoxy) is 1. The summed E-state index contributed by atoms with van der Waals surface area (Å²) in [5.74, 6) is -0.697. The maximum absolute atomic E-state index is 11.8.